The molecule has 2 aromatic rings. The molecule has 3 rings (SSSR count). The number of aliphatic hydroxyl groups is 1. The zero-order valence-electron chi connectivity index (χ0n) is 15.0. The number of nitrogens with zero attached hydrogens (tertiary/aromatic N) is 4. The van der Waals surface area contributed by atoms with Crippen LogP contribution in [-0.2, 0) is 20.1 Å². The normalized spacial score (nSPS) is 18.9. The van der Waals surface area contributed by atoms with Gasteiger partial charge in [0.25, 0.3) is 5.56 Å². The van der Waals surface area contributed by atoms with Crippen molar-refractivity contribution in [3.8, 4) is 0 Å². The Balaban J connectivity index is 2.02. The summed E-state index contributed by atoms with van der Waals surface area (Å²) in [6.45, 7) is 4.21. The van der Waals surface area contributed by atoms with E-state index in [1.54, 1.807) is 9.13 Å². The number of hydrogen-bond acceptors (Lipinski definition) is 5. The standard InChI is InChI=1S/C17H27N5O3/c1-3-4-9-22-15-14(16(24)19-17(22)25)20(2)13(18-15)10-21-8-6-5-7-12(21)11-23/h12,23H,3-11H2,1-2H3,(H,19,24,25)/t12-/m1/s1. The van der Waals surface area contributed by atoms with Crippen LogP contribution >= 0.6 is 0 Å². The maximum absolute atomic E-state index is 12.3. The Morgan fingerprint density at radius 2 is 2.12 bits per heavy atom. The monoisotopic (exact) mass is 349 g/mol. The van der Waals surface area contributed by atoms with Crippen molar-refractivity contribution in [3.63, 3.8) is 0 Å². The van der Waals surface area contributed by atoms with E-state index in [1.165, 1.54) is 0 Å². The van der Waals surface area contributed by atoms with Gasteiger partial charge in [0, 0.05) is 19.6 Å². The first-order valence-corrected chi connectivity index (χ1v) is 9.10. The fourth-order valence-electron chi connectivity index (χ4n) is 3.61. The van der Waals surface area contributed by atoms with Crippen molar-refractivity contribution in [2.75, 3.05) is 13.2 Å². The summed E-state index contributed by atoms with van der Waals surface area (Å²) in [6, 6.07) is 0.133. The number of aromatic nitrogens is 4. The lowest BCUT2D eigenvalue weighted by Gasteiger charge is -2.34. The zero-order valence-corrected chi connectivity index (χ0v) is 15.0. The Bertz CT molecular complexity index is 850. The minimum absolute atomic E-state index is 0.131. The number of imidazole rings is 1. The number of fused-ring (bicyclic) bond motifs is 1. The van der Waals surface area contributed by atoms with Crippen LogP contribution in [0.15, 0.2) is 9.59 Å². The second-order valence-electron chi connectivity index (χ2n) is 6.83. The molecule has 3 heterocycles. The maximum Gasteiger partial charge on any atom is 0.330 e. The largest absolute Gasteiger partial charge is 0.395 e. The lowest BCUT2D eigenvalue weighted by Crippen LogP contribution is -2.41. The third-order valence-corrected chi connectivity index (χ3v) is 5.15. The van der Waals surface area contributed by atoms with E-state index in [-0.39, 0.29) is 12.6 Å². The van der Waals surface area contributed by atoms with Crippen LogP contribution < -0.4 is 11.2 Å². The molecule has 1 fully saturated rings. The number of likely N-dealkylation sites (tertiary alicyclic amines) is 1. The summed E-state index contributed by atoms with van der Waals surface area (Å²) in [6.07, 6.45) is 5.01. The summed E-state index contributed by atoms with van der Waals surface area (Å²) in [4.78, 5) is 33.7. The number of piperidine rings is 1. The predicted octanol–water partition coefficient (Wildman–Crippen LogP) is 0.570. The molecular weight excluding hydrogens is 322 g/mol. The molecule has 0 aliphatic carbocycles. The Labute approximate surface area is 146 Å². The third-order valence-electron chi connectivity index (χ3n) is 5.15. The van der Waals surface area contributed by atoms with Gasteiger partial charge in [-0.3, -0.25) is 19.2 Å². The molecule has 0 unspecified atom stereocenters. The van der Waals surface area contributed by atoms with Gasteiger partial charge in [-0.25, -0.2) is 9.78 Å². The lowest BCUT2D eigenvalue weighted by atomic mass is 10.0. The van der Waals surface area contributed by atoms with Crippen molar-refractivity contribution in [2.24, 2.45) is 7.05 Å². The molecule has 2 aromatic heterocycles. The van der Waals surface area contributed by atoms with Gasteiger partial charge in [0.05, 0.1) is 13.2 Å². The van der Waals surface area contributed by atoms with Crippen molar-refractivity contribution < 1.29 is 5.11 Å². The summed E-state index contributed by atoms with van der Waals surface area (Å²) in [5, 5.41) is 9.60. The molecule has 1 atom stereocenters. The summed E-state index contributed by atoms with van der Waals surface area (Å²) in [5.74, 6) is 0.747. The zero-order chi connectivity index (χ0) is 18.0. The van der Waals surface area contributed by atoms with Crippen LogP contribution in [0.25, 0.3) is 11.2 Å². The molecule has 138 valence electrons. The summed E-state index contributed by atoms with van der Waals surface area (Å²) in [7, 11) is 1.81. The van der Waals surface area contributed by atoms with Crippen molar-refractivity contribution >= 4 is 11.2 Å². The molecule has 0 saturated carbocycles. The van der Waals surface area contributed by atoms with E-state index in [4.69, 9.17) is 0 Å². The van der Waals surface area contributed by atoms with E-state index in [0.29, 0.717) is 24.3 Å². The predicted molar refractivity (Wildman–Crippen MR) is 95.6 cm³/mol. The van der Waals surface area contributed by atoms with Crippen LogP contribution in [0.4, 0.5) is 0 Å². The third kappa shape index (κ3) is 3.41. The molecule has 0 aromatic carbocycles. The highest BCUT2D eigenvalue weighted by Crippen LogP contribution is 2.20. The van der Waals surface area contributed by atoms with Gasteiger partial charge in [0.2, 0.25) is 0 Å². The first-order chi connectivity index (χ1) is 12.1. The molecule has 0 bridgehead atoms. The molecule has 8 nitrogen and oxygen atoms in total. The molecular formula is C17H27N5O3. The Hall–Kier alpha value is -1.93. The van der Waals surface area contributed by atoms with Gasteiger partial charge in [-0.2, -0.15) is 0 Å². The molecule has 0 spiro atoms. The SMILES string of the molecule is CCCCn1c(=O)[nH]c(=O)c2c1nc(CN1CCCC[C@@H]1CO)n2C. The first kappa shape index (κ1) is 17.9. The minimum Gasteiger partial charge on any atom is -0.395 e. The summed E-state index contributed by atoms with van der Waals surface area (Å²) < 4.78 is 3.34. The highest BCUT2D eigenvalue weighted by Gasteiger charge is 2.24. The van der Waals surface area contributed by atoms with Crippen LogP contribution in [0.2, 0.25) is 0 Å². The number of aliphatic hydroxyl groups excluding tert-OH is 1. The van der Waals surface area contributed by atoms with Gasteiger partial charge in [0.1, 0.15) is 5.82 Å². The van der Waals surface area contributed by atoms with Gasteiger partial charge in [-0.05, 0) is 25.8 Å². The quantitative estimate of drug-likeness (QED) is 0.795. The lowest BCUT2D eigenvalue weighted by molar-refractivity contribution is 0.0813. The van der Waals surface area contributed by atoms with Crippen molar-refractivity contribution in [3.05, 3.63) is 26.7 Å². The van der Waals surface area contributed by atoms with E-state index in [9.17, 15) is 14.7 Å². The van der Waals surface area contributed by atoms with Crippen LogP contribution in [0.5, 0.6) is 0 Å². The van der Waals surface area contributed by atoms with E-state index < -0.39 is 11.2 Å². The van der Waals surface area contributed by atoms with E-state index in [2.05, 4.69) is 21.8 Å². The number of aromatic amines is 1. The van der Waals surface area contributed by atoms with Gasteiger partial charge < -0.3 is 9.67 Å². The van der Waals surface area contributed by atoms with Gasteiger partial charge >= 0.3 is 5.69 Å². The molecule has 8 heteroatoms. The fourth-order valence-corrected chi connectivity index (χ4v) is 3.61. The van der Waals surface area contributed by atoms with Gasteiger partial charge in [-0.15, -0.1) is 0 Å². The van der Waals surface area contributed by atoms with Crippen molar-refractivity contribution in [2.45, 2.75) is 58.2 Å². The van der Waals surface area contributed by atoms with Crippen molar-refractivity contribution in [1.82, 2.24) is 24.0 Å². The number of rotatable bonds is 6. The smallest absolute Gasteiger partial charge is 0.330 e. The Kier molecular flexibility index (Phi) is 5.39. The first-order valence-electron chi connectivity index (χ1n) is 9.10. The Morgan fingerprint density at radius 1 is 1.32 bits per heavy atom. The van der Waals surface area contributed by atoms with Crippen LogP contribution in [-0.4, -0.2) is 48.3 Å². The van der Waals surface area contributed by atoms with Crippen molar-refractivity contribution in [1.29, 1.82) is 0 Å². The number of aryl methyl sites for hydroxylation is 2. The number of hydrogen-bond donors (Lipinski definition) is 2. The molecule has 1 aliphatic heterocycles. The van der Waals surface area contributed by atoms with Gasteiger partial charge in [-0.1, -0.05) is 19.8 Å². The van der Waals surface area contributed by atoms with Crippen LogP contribution in [0.1, 0.15) is 44.9 Å². The van der Waals surface area contributed by atoms with Crippen LogP contribution in [0.3, 0.4) is 0 Å². The number of unbranched alkanes of at least 4 members (excludes halogenated alkanes) is 1. The highest BCUT2D eigenvalue weighted by atomic mass is 16.3. The number of H-pyrrole nitrogens is 1. The highest BCUT2D eigenvalue weighted by molar-refractivity contribution is 5.70. The second-order valence-corrected chi connectivity index (χ2v) is 6.83. The fraction of sp³-hybridized carbons (Fsp3) is 0.706. The van der Waals surface area contributed by atoms with E-state index in [0.717, 1.165) is 44.5 Å². The topological polar surface area (TPSA) is 96.2 Å². The minimum atomic E-state index is -0.401. The Morgan fingerprint density at radius 3 is 2.84 bits per heavy atom. The maximum atomic E-state index is 12.3. The summed E-state index contributed by atoms with van der Waals surface area (Å²) in [5.41, 5.74) is 0.0914. The number of nitrogens with one attached hydrogen (secondary N) is 1. The second kappa shape index (κ2) is 7.53. The van der Waals surface area contributed by atoms with E-state index in [1.807, 2.05) is 7.05 Å². The molecule has 0 amide bonds. The molecule has 1 aliphatic rings. The van der Waals surface area contributed by atoms with Crippen LogP contribution in [0, 0.1) is 0 Å². The average Bonchev–Trinajstić information content (AvgIpc) is 2.92. The molecule has 2 N–H and O–H groups in total. The molecule has 0 radical (unpaired) electrons. The summed E-state index contributed by atoms with van der Waals surface area (Å²) >= 11 is 0. The molecule has 1 saturated heterocycles. The van der Waals surface area contributed by atoms with E-state index >= 15 is 0 Å². The van der Waals surface area contributed by atoms with Gasteiger partial charge in [0.15, 0.2) is 11.2 Å². The average molecular weight is 349 g/mol. The molecule has 25 heavy (non-hydrogen) atoms.